The van der Waals surface area contributed by atoms with Gasteiger partial charge in [-0.3, -0.25) is 9.59 Å². The van der Waals surface area contributed by atoms with Gasteiger partial charge in [0.25, 0.3) is 11.8 Å². The summed E-state index contributed by atoms with van der Waals surface area (Å²) in [5, 5.41) is 5.58. The molecule has 1 saturated carbocycles. The van der Waals surface area contributed by atoms with Crippen LogP contribution < -0.4 is 15.4 Å². The van der Waals surface area contributed by atoms with E-state index in [9.17, 15) is 14.4 Å². The molecule has 29 heavy (non-hydrogen) atoms. The molecule has 0 aromatic heterocycles. The fraction of sp³-hybridized carbons (Fsp3) is 0.591. The molecule has 1 fully saturated rings. The number of nitrogens with one attached hydrogen (secondary N) is 2. The van der Waals surface area contributed by atoms with Crippen molar-refractivity contribution in [3.63, 3.8) is 0 Å². The molecule has 1 aliphatic carbocycles. The van der Waals surface area contributed by atoms with Gasteiger partial charge in [-0.05, 0) is 36.8 Å². The van der Waals surface area contributed by atoms with E-state index in [4.69, 9.17) is 9.47 Å². The molecule has 0 saturated heterocycles. The van der Waals surface area contributed by atoms with Gasteiger partial charge >= 0.3 is 5.97 Å². The summed E-state index contributed by atoms with van der Waals surface area (Å²) >= 11 is 0. The minimum Gasteiger partial charge on any atom is -0.484 e. The Kier molecular flexibility index (Phi) is 8.96. The molecule has 2 amide bonds. The summed E-state index contributed by atoms with van der Waals surface area (Å²) in [7, 11) is 0. The van der Waals surface area contributed by atoms with Crippen LogP contribution in [0.2, 0.25) is 0 Å². The van der Waals surface area contributed by atoms with Crippen LogP contribution in [0.25, 0.3) is 0 Å². The zero-order valence-corrected chi connectivity index (χ0v) is 17.5. The number of hydrogen-bond donors (Lipinski definition) is 2. The molecule has 0 aliphatic heterocycles. The molecular weight excluding hydrogens is 372 g/mol. The van der Waals surface area contributed by atoms with Gasteiger partial charge in [-0.15, -0.1) is 0 Å². The number of carbonyl (C=O) groups excluding carboxylic acids is 3. The second kappa shape index (κ2) is 11.4. The number of carbonyl (C=O) groups is 3. The lowest BCUT2D eigenvalue weighted by molar-refractivity contribution is -0.153. The molecular formula is C22H32N2O5. The van der Waals surface area contributed by atoms with E-state index < -0.39 is 17.9 Å². The molecule has 0 unspecified atom stereocenters. The predicted molar refractivity (Wildman–Crippen MR) is 109 cm³/mol. The fourth-order valence-corrected chi connectivity index (χ4v) is 3.38. The average molecular weight is 405 g/mol. The molecule has 1 aromatic rings. The van der Waals surface area contributed by atoms with Crippen LogP contribution in [0.3, 0.4) is 0 Å². The van der Waals surface area contributed by atoms with Crippen molar-refractivity contribution in [3.05, 3.63) is 30.3 Å². The maximum Gasteiger partial charge on any atom is 0.329 e. The Morgan fingerprint density at radius 1 is 1.03 bits per heavy atom. The van der Waals surface area contributed by atoms with Crippen LogP contribution in [0.4, 0.5) is 0 Å². The van der Waals surface area contributed by atoms with Crippen molar-refractivity contribution in [2.45, 2.75) is 58.5 Å². The minimum atomic E-state index is -0.844. The number of amides is 2. The predicted octanol–water partition coefficient (Wildman–Crippen LogP) is 2.44. The van der Waals surface area contributed by atoms with Crippen molar-refractivity contribution in [1.29, 1.82) is 0 Å². The van der Waals surface area contributed by atoms with Crippen LogP contribution in [0.5, 0.6) is 5.75 Å². The second-order valence-corrected chi connectivity index (χ2v) is 7.93. The number of rotatable bonds is 9. The zero-order valence-electron chi connectivity index (χ0n) is 17.5. The highest BCUT2D eigenvalue weighted by Crippen LogP contribution is 2.23. The van der Waals surface area contributed by atoms with Crippen LogP contribution in [0, 0.1) is 11.8 Å². The summed E-state index contributed by atoms with van der Waals surface area (Å²) < 4.78 is 10.6. The summed E-state index contributed by atoms with van der Waals surface area (Å²) in [6, 6.07) is 8.24. The molecule has 7 nitrogen and oxygen atoms in total. The van der Waals surface area contributed by atoms with E-state index in [2.05, 4.69) is 17.6 Å². The van der Waals surface area contributed by atoms with E-state index in [1.54, 1.807) is 38.1 Å². The Hall–Kier alpha value is -2.57. The number of para-hydroxylation sites is 1. The highest BCUT2D eigenvalue weighted by Gasteiger charge is 2.27. The monoisotopic (exact) mass is 404 g/mol. The molecule has 160 valence electrons. The Labute approximate surface area is 172 Å². The van der Waals surface area contributed by atoms with Crippen LogP contribution in [-0.4, -0.2) is 43.1 Å². The van der Waals surface area contributed by atoms with Crippen molar-refractivity contribution >= 4 is 17.8 Å². The topological polar surface area (TPSA) is 93.7 Å². The first-order valence-corrected chi connectivity index (χ1v) is 10.3. The first-order valence-electron chi connectivity index (χ1n) is 10.3. The van der Waals surface area contributed by atoms with E-state index in [1.807, 2.05) is 6.07 Å². The number of ether oxygens (including phenoxy) is 2. The van der Waals surface area contributed by atoms with Gasteiger partial charge in [-0.25, -0.2) is 4.79 Å². The van der Waals surface area contributed by atoms with E-state index in [1.165, 1.54) is 6.42 Å². The van der Waals surface area contributed by atoms with Gasteiger partial charge in [0.2, 0.25) is 0 Å². The second-order valence-electron chi connectivity index (χ2n) is 7.93. The lowest BCUT2D eigenvalue weighted by atomic mass is 9.86. The largest absolute Gasteiger partial charge is 0.484 e. The van der Waals surface area contributed by atoms with Crippen molar-refractivity contribution in [2.75, 3.05) is 13.2 Å². The smallest absolute Gasteiger partial charge is 0.329 e. The van der Waals surface area contributed by atoms with Crippen molar-refractivity contribution in [3.8, 4) is 5.75 Å². The zero-order chi connectivity index (χ0) is 21.2. The van der Waals surface area contributed by atoms with E-state index in [0.29, 0.717) is 11.7 Å². The third-order valence-electron chi connectivity index (χ3n) is 5.15. The minimum absolute atomic E-state index is 0.130. The maximum absolute atomic E-state index is 12.4. The molecule has 0 bridgehead atoms. The maximum atomic E-state index is 12.4. The van der Waals surface area contributed by atoms with Crippen LogP contribution in [0.15, 0.2) is 30.3 Å². The van der Waals surface area contributed by atoms with Gasteiger partial charge < -0.3 is 20.1 Å². The Morgan fingerprint density at radius 3 is 2.38 bits per heavy atom. The summed E-state index contributed by atoms with van der Waals surface area (Å²) in [4.78, 5) is 36.7. The standard InChI is InChI=1S/C22H32N2O5/c1-15(2)21(24-20(26)13-28-17-10-5-4-6-11-17)22(27)29-14-19(25)23-18-12-8-7-9-16(18)3/h4-6,10-11,15-16,18,21H,7-9,12-14H2,1-3H3,(H,23,25)(H,24,26)/t16-,18-,21-/m0/s1. The number of hydrogen-bond acceptors (Lipinski definition) is 5. The van der Waals surface area contributed by atoms with E-state index in [0.717, 1.165) is 19.3 Å². The number of esters is 1. The average Bonchev–Trinajstić information content (AvgIpc) is 2.71. The molecule has 2 rings (SSSR count). The van der Waals surface area contributed by atoms with E-state index in [-0.39, 0.29) is 31.1 Å². The molecule has 7 heteroatoms. The van der Waals surface area contributed by atoms with Crippen molar-refractivity contribution in [1.82, 2.24) is 10.6 Å². The van der Waals surface area contributed by atoms with Gasteiger partial charge in [0.15, 0.2) is 13.2 Å². The Balaban J connectivity index is 1.77. The third kappa shape index (κ3) is 7.75. The van der Waals surface area contributed by atoms with Crippen LogP contribution in [0.1, 0.15) is 46.5 Å². The van der Waals surface area contributed by atoms with Gasteiger partial charge in [-0.2, -0.15) is 0 Å². The molecule has 3 atom stereocenters. The normalized spacial score (nSPS) is 19.9. The molecule has 0 radical (unpaired) electrons. The molecule has 0 spiro atoms. The summed E-state index contributed by atoms with van der Waals surface area (Å²) in [5.74, 6) is -0.552. The highest BCUT2D eigenvalue weighted by molar-refractivity contribution is 5.87. The Bertz CT molecular complexity index is 677. The molecule has 1 aliphatic rings. The summed E-state index contributed by atoms with van der Waals surface area (Å²) in [6.07, 6.45) is 4.33. The third-order valence-corrected chi connectivity index (χ3v) is 5.15. The lowest BCUT2D eigenvalue weighted by Crippen LogP contribution is -2.48. The van der Waals surface area contributed by atoms with Crippen molar-refractivity contribution in [2.24, 2.45) is 11.8 Å². The summed E-state index contributed by atoms with van der Waals surface area (Å²) in [6.45, 7) is 5.17. The molecule has 0 heterocycles. The van der Waals surface area contributed by atoms with E-state index >= 15 is 0 Å². The molecule has 2 N–H and O–H groups in total. The number of benzene rings is 1. The first kappa shape index (κ1) is 22.7. The van der Waals surface area contributed by atoms with Gasteiger partial charge in [-0.1, -0.05) is 51.8 Å². The van der Waals surface area contributed by atoms with Gasteiger partial charge in [0.05, 0.1) is 0 Å². The van der Waals surface area contributed by atoms with Gasteiger partial charge in [0, 0.05) is 6.04 Å². The van der Waals surface area contributed by atoms with Crippen LogP contribution in [-0.2, 0) is 19.1 Å². The lowest BCUT2D eigenvalue weighted by Gasteiger charge is -2.29. The quantitative estimate of drug-likeness (QED) is 0.617. The SMILES string of the molecule is CC(C)[C@H](NC(=O)COc1ccccc1)C(=O)OCC(=O)N[C@H]1CCCC[C@@H]1C. The first-order chi connectivity index (χ1) is 13.9. The van der Waals surface area contributed by atoms with Crippen LogP contribution >= 0.6 is 0 Å². The molecule has 1 aromatic carbocycles. The highest BCUT2D eigenvalue weighted by atomic mass is 16.5. The Morgan fingerprint density at radius 2 is 1.72 bits per heavy atom. The fourth-order valence-electron chi connectivity index (χ4n) is 3.38. The summed E-state index contributed by atoms with van der Waals surface area (Å²) in [5.41, 5.74) is 0. The van der Waals surface area contributed by atoms with Gasteiger partial charge in [0.1, 0.15) is 11.8 Å². The van der Waals surface area contributed by atoms with Crippen molar-refractivity contribution < 1.29 is 23.9 Å².